The molecule has 0 bridgehead atoms. The summed E-state index contributed by atoms with van der Waals surface area (Å²) < 4.78 is 7.50. The van der Waals surface area contributed by atoms with Crippen molar-refractivity contribution in [1.29, 1.82) is 0 Å². The van der Waals surface area contributed by atoms with Crippen LogP contribution in [0.15, 0.2) is 9.15 Å². The minimum Gasteiger partial charge on any atom is -0.427 e. The zero-order chi connectivity index (χ0) is 8.01. The number of nitrogens with zero attached hydrogens (tertiary/aromatic N) is 3. The smallest absolute Gasteiger partial charge is 0.325 e. The molecule has 0 fully saturated rings. The van der Waals surface area contributed by atoms with Gasteiger partial charge in [0.05, 0.1) is 5.69 Å². The Labute approximate surface area is 71.3 Å². The van der Waals surface area contributed by atoms with Crippen molar-refractivity contribution in [1.82, 2.24) is 14.6 Å². The van der Waals surface area contributed by atoms with E-state index < -0.39 is 0 Å². The highest BCUT2D eigenvalue weighted by molar-refractivity contribution is 9.10. The van der Waals surface area contributed by atoms with Gasteiger partial charge in [0.15, 0.2) is 0 Å². The summed E-state index contributed by atoms with van der Waals surface area (Å²) in [7, 11) is 0. The Morgan fingerprint density at radius 2 is 2.18 bits per heavy atom. The molecular formula is C6H6BrN3O. The minimum atomic E-state index is 0.534. The van der Waals surface area contributed by atoms with Gasteiger partial charge in [-0.3, -0.25) is 0 Å². The Bertz CT molecular complexity index is 403. The standard InChI is InChI=1S/C6H6BrN3O/c1-3-4(2)11-6-8-5(7)9-10(3)6/h1-2H3. The molecule has 2 aromatic rings. The van der Waals surface area contributed by atoms with Crippen molar-refractivity contribution in [3.63, 3.8) is 0 Å². The van der Waals surface area contributed by atoms with Crippen molar-refractivity contribution in [2.45, 2.75) is 13.8 Å². The summed E-state index contributed by atoms with van der Waals surface area (Å²) >= 11 is 3.16. The van der Waals surface area contributed by atoms with E-state index in [4.69, 9.17) is 4.42 Å². The second-order valence-electron chi connectivity index (χ2n) is 2.32. The predicted octanol–water partition coefficient (Wildman–Crippen LogP) is 1.70. The van der Waals surface area contributed by atoms with Gasteiger partial charge in [-0.1, -0.05) is 0 Å². The summed E-state index contributed by atoms with van der Waals surface area (Å²) in [6, 6.07) is 0. The zero-order valence-electron chi connectivity index (χ0n) is 6.13. The molecule has 58 valence electrons. The van der Waals surface area contributed by atoms with E-state index in [1.807, 2.05) is 13.8 Å². The normalized spacial score (nSPS) is 11.2. The van der Waals surface area contributed by atoms with Crippen LogP contribution < -0.4 is 0 Å². The van der Waals surface area contributed by atoms with Gasteiger partial charge in [-0.25, -0.2) is 0 Å². The first-order valence-electron chi connectivity index (χ1n) is 3.17. The van der Waals surface area contributed by atoms with Crippen LogP contribution in [-0.2, 0) is 0 Å². The zero-order valence-corrected chi connectivity index (χ0v) is 7.71. The number of rotatable bonds is 0. The van der Waals surface area contributed by atoms with Gasteiger partial charge in [0.25, 0.3) is 0 Å². The fourth-order valence-corrected chi connectivity index (χ4v) is 1.23. The van der Waals surface area contributed by atoms with Crippen molar-refractivity contribution < 1.29 is 4.42 Å². The Morgan fingerprint density at radius 3 is 2.82 bits per heavy atom. The van der Waals surface area contributed by atoms with E-state index in [9.17, 15) is 0 Å². The molecule has 11 heavy (non-hydrogen) atoms. The molecule has 0 aliphatic rings. The molecule has 2 aromatic heterocycles. The lowest BCUT2D eigenvalue weighted by atomic mass is 10.4. The first-order valence-corrected chi connectivity index (χ1v) is 3.96. The lowest BCUT2D eigenvalue weighted by Gasteiger charge is -1.83. The fraction of sp³-hybridized carbons (Fsp3) is 0.333. The van der Waals surface area contributed by atoms with Gasteiger partial charge in [-0.15, -0.1) is 5.10 Å². The maximum atomic E-state index is 5.28. The quantitative estimate of drug-likeness (QED) is 0.673. The predicted molar refractivity (Wildman–Crippen MR) is 42.4 cm³/mol. The molecule has 5 heteroatoms. The summed E-state index contributed by atoms with van der Waals surface area (Å²) in [5, 5.41) is 4.06. The maximum absolute atomic E-state index is 5.28. The van der Waals surface area contributed by atoms with Crippen molar-refractivity contribution in [3.8, 4) is 0 Å². The topological polar surface area (TPSA) is 43.3 Å². The SMILES string of the molecule is Cc1oc2nc(Br)nn2c1C. The maximum Gasteiger partial charge on any atom is 0.325 e. The summed E-state index contributed by atoms with van der Waals surface area (Å²) in [4.78, 5) is 4.00. The van der Waals surface area contributed by atoms with E-state index in [0.29, 0.717) is 10.6 Å². The molecule has 2 heterocycles. The number of aromatic nitrogens is 3. The summed E-state index contributed by atoms with van der Waals surface area (Å²) in [6.07, 6.45) is 0. The molecule has 0 saturated carbocycles. The van der Waals surface area contributed by atoms with Gasteiger partial charge < -0.3 is 4.42 Å². The van der Waals surface area contributed by atoms with Crippen LogP contribution in [0.3, 0.4) is 0 Å². The molecule has 0 unspecified atom stereocenters. The lowest BCUT2D eigenvalue weighted by Crippen LogP contribution is -1.86. The number of halogens is 1. The Hall–Kier alpha value is -0.840. The van der Waals surface area contributed by atoms with Crippen molar-refractivity contribution in [3.05, 3.63) is 16.2 Å². The second-order valence-corrected chi connectivity index (χ2v) is 3.03. The first kappa shape index (κ1) is 6.84. The van der Waals surface area contributed by atoms with Crippen LogP contribution in [0.25, 0.3) is 5.84 Å². The number of oxazole rings is 1. The van der Waals surface area contributed by atoms with E-state index in [2.05, 4.69) is 26.0 Å². The average Bonchev–Trinajstić information content (AvgIpc) is 2.37. The highest BCUT2D eigenvalue weighted by Gasteiger charge is 2.09. The van der Waals surface area contributed by atoms with Gasteiger partial charge >= 0.3 is 5.84 Å². The third-order valence-electron chi connectivity index (χ3n) is 1.62. The molecule has 0 N–H and O–H groups in total. The Balaban J connectivity index is 2.88. The number of hydrogen-bond acceptors (Lipinski definition) is 3. The molecule has 0 aromatic carbocycles. The highest BCUT2D eigenvalue weighted by atomic mass is 79.9. The van der Waals surface area contributed by atoms with Crippen LogP contribution in [0.2, 0.25) is 0 Å². The van der Waals surface area contributed by atoms with E-state index in [0.717, 1.165) is 11.5 Å². The monoisotopic (exact) mass is 215 g/mol. The molecule has 0 aliphatic carbocycles. The molecule has 0 amide bonds. The van der Waals surface area contributed by atoms with Crippen LogP contribution in [0.5, 0.6) is 0 Å². The Kier molecular flexibility index (Phi) is 1.29. The van der Waals surface area contributed by atoms with Gasteiger partial charge in [0.1, 0.15) is 5.76 Å². The van der Waals surface area contributed by atoms with Gasteiger partial charge in [-0.05, 0) is 29.8 Å². The molecular weight excluding hydrogens is 210 g/mol. The molecule has 4 nitrogen and oxygen atoms in total. The van der Waals surface area contributed by atoms with E-state index >= 15 is 0 Å². The molecule has 0 atom stereocenters. The van der Waals surface area contributed by atoms with Crippen LogP contribution in [0.4, 0.5) is 0 Å². The number of aryl methyl sites for hydroxylation is 2. The second kappa shape index (κ2) is 2.07. The van der Waals surface area contributed by atoms with Gasteiger partial charge in [0.2, 0.25) is 4.73 Å². The Morgan fingerprint density at radius 1 is 1.45 bits per heavy atom. The fourth-order valence-electron chi connectivity index (χ4n) is 0.918. The van der Waals surface area contributed by atoms with E-state index in [1.165, 1.54) is 0 Å². The van der Waals surface area contributed by atoms with E-state index in [-0.39, 0.29) is 0 Å². The number of hydrogen-bond donors (Lipinski definition) is 0. The van der Waals surface area contributed by atoms with Crippen LogP contribution >= 0.6 is 15.9 Å². The number of fused-ring (bicyclic) bond motifs is 1. The summed E-state index contributed by atoms with van der Waals surface area (Å²) in [5.74, 6) is 1.39. The van der Waals surface area contributed by atoms with Crippen LogP contribution in [0, 0.1) is 13.8 Å². The van der Waals surface area contributed by atoms with Gasteiger partial charge in [0, 0.05) is 0 Å². The average molecular weight is 216 g/mol. The van der Waals surface area contributed by atoms with E-state index in [1.54, 1.807) is 4.52 Å². The molecule has 0 aliphatic heterocycles. The van der Waals surface area contributed by atoms with Crippen molar-refractivity contribution in [2.24, 2.45) is 0 Å². The third-order valence-corrected chi connectivity index (χ3v) is 1.96. The van der Waals surface area contributed by atoms with Gasteiger partial charge in [-0.2, -0.15) is 9.50 Å². The lowest BCUT2D eigenvalue weighted by molar-refractivity contribution is 0.560. The molecule has 0 radical (unpaired) electrons. The van der Waals surface area contributed by atoms with Crippen molar-refractivity contribution in [2.75, 3.05) is 0 Å². The molecule has 0 saturated heterocycles. The van der Waals surface area contributed by atoms with Crippen LogP contribution in [0.1, 0.15) is 11.5 Å². The first-order chi connectivity index (χ1) is 5.18. The highest BCUT2D eigenvalue weighted by Crippen LogP contribution is 2.14. The van der Waals surface area contributed by atoms with Crippen LogP contribution in [-0.4, -0.2) is 14.6 Å². The molecule has 2 rings (SSSR count). The largest absolute Gasteiger partial charge is 0.427 e. The minimum absolute atomic E-state index is 0.534. The van der Waals surface area contributed by atoms with Crippen molar-refractivity contribution >= 4 is 21.8 Å². The summed E-state index contributed by atoms with van der Waals surface area (Å²) in [6.45, 7) is 3.83. The molecule has 0 spiro atoms. The summed E-state index contributed by atoms with van der Waals surface area (Å²) in [5.41, 5.74) is 0.984. The third kappa shape index (κ3) is 0.875.